The Kier molecular flexibility index (Phi) is 11.7. The molecule has 0 amide bonds. The van der Waals surface area contributed by atoms with E-state index in [2.05, 4.69) is 54.9 Å². The van der Waals surface area contributed by atoms with Gasteiger partial charge in [-0.2, -0.15) is 0 Å². The summed E-state index contributed by atoms with van der Waals surface area (Å²) >= 11 is 0. The minimum Gasteiger partial charge on any atom is -0.396 e. The molecule has 0 radical (unpaired) electrons. The van der Waals surface area contributed by atoms with E-state index in [1.165, 1.54) is 12.8 Å². The molecule has 0 aromatic heterocycles. The first-order chi connectivity index (χ1) is 29.8. The molecule has 2 heterocycles. The highest BCUT2D eigenvalue weighted by Gasteiger charge is 2.79. The van der Waals surface area contributed by atoms with Crippen LogP contribution in [0.3, 0.4) is 0 Å². The van der Waals surface area contributed by atoms with Gasteiger partial charge < -0.3 is 56.8 Å². The van der Waals surface area contributed by atoms with Crippen molar-refractivity contribution >= 4 is 5.78 Å². The zero-order chi connectivity index (χ0) is 45.1. The van der Waals surface area contributed by atoms with Gasteiger partial charge in [-0.05, 0) is 137 Å². The molecule has 8 aliphatic carbocycles. The first-order valence-corrected chi connectivity index (χ1v) is 24.6. The number of dihydropyridines is 1. The van der Waals surface area contributed by atoms with Crippen molar-refractivity contribution in [1.82, 2.24) is 10.6 Å². The third-order valence-corrected chi connectivity index (χ3v) is 19.1. The van der Waals surface area contributed by atoms with Gasteiger partial charge in [0, 0.05) is 41.0 Å². The summed E-state index contributed by atoms with van der Waals surface area (Å²) in [5.41, 5.74) is 1.99. The van der Waals surface area contributed by atoms with Crippen LogP contribution >= 0.6 is 0 Å². The Morgan fingerprint density at radius 2 is 1.83 bits per heavy atom. The van der Waals surface area contributed by atoms with Crippen LogP contribution in [0.4, 0.5) is 0 Å². The molecule has 0 aromatic rings. The van der Waals surface area contributed by atoms with E-state index in [-0.39, 0.29) is 61.8 Å². The second kappa shape index (κ2) is 16.1. The van der Waals surface area contributed by atoms with Gasteiger partial charge in [0.25, 0.3) is 0 Å². The van der Waals surface area contributed by atoms with Crippen molar-refractivity contribution in [2.24, 2.45) is 62.9 Å². The summed E-state index contributed by atoms with van der Waals surface area (Å²) in [5.74, 6) is -0.866. The third-order valence-electron chi connectivity index (χ3n) is 19.1. The Labute approximate surface area is 374 Å². The zero-order valence-corrected chi connectivity index (χ0v) is 38.3. The number of aliphatic hydroxyl groups excluding tert-OH is 5. The van der Waals surface area contributed by atoms with Gasteiger partial charge in [-0.15, -0.1) is 0 Å². The van der Waals surface area contributed by atoms with Crippen molar-refractivity contribution < 1.29 is 45.3 Å². The van der Waals surface area contributed by atoms with Crippen LogP contribution in [-0.2, 0) is 9.53 Å². The Bertz CT molecular complexity index is 1960. The molecule has 5 fully saturated rings. The summed E-state index contributed by atoms with van der Waals surface area (Å²) in [4.78, 5) is 15.6. The monoisotopic (exact) mass is 876 g/mol. The first kappa shape index (κ1) is 45.8. The quantitative estimate of drug-likeness (QED) is 0.125. The number of ether oxygens (including phenoxy) is 1. The molecule has 19 unspecified atom stereocenters. The van der Waals surface area contributed by atoms with Crippen molar-refractivity contribution in [3.05, 3.63) is 59.0 Å². The number of Topliss-reactive ketones (excluding diaryl/α,β-unsaturated/α-hetero) is 1. The predicted octanol–water partition coefficient (Wildman–Crippen LogP) is 4.17. The van der Waals surface area contributed by atoms with E-state index in [0.29, 0.717) is 49.5 Å². The number of aliphatic hydroxyl groups is 7. The van der Waals surface area contributed by atoms with Crippen LogP contribution in [0.15, 0.2) is 59.0 Å². The molecular weight excluding hydrogens is 799 g/mol. The molecule has 12 nitrogen and oxygen atoms in total. The minimum absolute atomic E-state index is 0.00544. The average molecular weight is 876 g/mol. The van der Waals surface area contributed by atoms with Crippen LogP contribution in [-0.4, -0.2) is 109 Å². The van der Waals surface area contributed by atoms with Gasteiger partial charge in [-0.1, -0.05) is 70.4 Å². The maximum atomic E-state index is 15.6. The highest BCUT2D eigenvalue weighted by molar-refractivity contribution is 6.01. The average Bonchev–Trinajstić information content (AvgIpc) is 3.47. The van der Waals surface area contributed by atoms with E-state index in [1.54, 1.807) is 13.8 Å². The number of carbonyl (C=O) groups excluding carboxylic acids is 1. The molecule has 63 heavy (non-hydrogen) atoms. The number of allylic oxidation sites excluding steroid dienone is 8. The molecule has 2 spiro atoms. The molecular formula is C51H77N3O9. The summed E-state index contributed by atoms with van der Waals surface area (Å²) in [6.07, 6.45) is 17.0. The SMILES string of the molecule is CCCC1CCC2OC(C(O)C(C)(O)C3CCC4(O)C5=C(NCC(C)O)C(=O)C6CC(O)C(O)CC67CC6(C8=C(CCCO)NC(N)C=C8)C=CC(CC34C)C57C=C6)C(C)C2CC1. The van der Waals surface area contributed by atoms with Crippen LogP contribution in [0.1, 0.15) is 125 Å². The fraction of sp³-hybridized carbons (Fsp3) is 0.784. The molecule has 12 heteroatoms. The summed E-state index contributed by atoms with van der Waals surface area (Å²) < 4.78 is 6.80. The maximum Gasteiger partial charge on any atom is 0.182 e. The van der Waals surface area contributed by atoms with E-state index >= 15 is 4.79 Å². The first-order valence-electron chi connectivity index (χ1n) is 24.6. The van der Waals surface area contributed by atoms with Crippen molar-refractivity contribution in [1.29, 1.82) is 0 Å². The number of ketones is 1. The highest BCUT2D eigenvalue weighted by Crippen LogP contribution is 2.80. The Hall–Kier alpha value is -2.39. The van der Waals surface area contributed by atoms with Crippen molar-refractivity contribution in [3.8, 4) is 0 Å². The minimum atomic E-state index is -1.68. The highest BCUT2D eigenvalue weighted by atomic mass is 16.5. The Balaban J connectivity index is 1.18. The Morgan fingerprint density at radius 3 is 2.56 bits per heavy atom. The number of rotatable bonds is 12. The number of nitrogens with one attached hydrogen (secondary N) is 2. The van der Waals surface area contributed by atoms with Gasteiger partial charge in [-0.3, -0.25) is 4.79 Å². The summed E-state index contributed by atoms with van der Waals surface area (Å²) in [7, 11) is 0. The lowest BCUT2D eigenvalue weighted by atomic mass is 9.33. The lowest BCUT2D eigenvalue weighted by molar-refractivity contribution is -0.215. The molecule has 2 aliphatic heterocycles. The lowest BCUT2D eigenvalue weighted by Crippen LogP contribution is -2.72. The summed E-state index contributed by atoms with van der Waals surface area (Å²) in [6, 6.07) is 0. The van der Waals surface area contributed by atoms with Crippen molar-refractivity contribution in [2.75, 3.05) is 13.2 Å². The van der Waals surface area contributed by atoms with E-state index in [1.807, 2.05) is 13.0 Å². The second-order valence-corrected chi connectivity index (χ2v) is 22.5. The second-order valence-electron chi connectivity index (χ2n) is 22.5. The fourth-order valence-electron chi connectivity index (χ4n) is 16.2. The number of hydrogen-bond acceptors (Lipinski definition) is 12. The molecule has 10 rings (SSSR count). The molecule has 10 aliphatic rings. The number of fused-ring (bicyclic) bond motifs is 3. The number of carbonyl (C=O) groups is 1. The molecule has 11 N–H and O–H groups in total. The summed E-state index contributed by atoms with van der Waals surface area (Å²) in [5, 5.41) is 90.3. The third kappa shape index (κ3) is 6.56. The van der Waals surface area contributed by atoms with Crippen LogP contribution in [0.5, 0.6) is 0 Å². The largest absolute Gasteiger partial charge is 0.396 e. The van der Waals surface area contributed by atoms with Gasteiger partial charge in [0.2, 0.25) is 0 Å². The molecule has 0 aromatic carbocycles. The van der Waals surface area contributed by atoms with Gasteiger partial charge >= 0.3 is 0 Å². The lowest BCUT2D eigenvalue weighted by Gasteiger charge is -2.71. The predicted molar refractivity (Wildman–Crippen MR) is 239 cm³/mol. The topological polar surface area (TPSA) is 218 Å². The molecule has 2 bridgehead atoms. The standard InChI is InChI=1S/C51H77N3O9/c1-6-8-30-10-12-32-29(3)43(63-38(32)14-11-30)45(60)47(5,61)39-17-19-51(62)44-41(53-26-28(2)56)42(59)34-23-36(57)37(58)25-49(34)27-48(33-13-15-40(52)54-35(33)9-7-22-55)18-16-31(24-46(39,51)4)50(44,49)21-20-48/h13,15-16,18,20-21,28-32,34,36-40,43,45,53-58,60-62H,6-12,14,17,19,22-27,52H2,1-5H3. The van der Waals surface area contributed by atoms with Crippen LogP contribution in [0.25, 0.3) is 0 Å². The van der Waals surface area contributed by atoms with Gasteiger partial charge in [-0.25, -0.2) is 0 Å². The van der Waals surface area contributed by atoms with Crippen LogP contribution < -0.4 is 16.4 Å². The molecule has 1 saturated heterocycles. The zero-order valence-electron chi connectivity index (χ0n) is 38.3. The van der Waals surface area contributed by atoms with Crippen LogP contribution in [0, 0.1) is 57.2 Å². The number of hydrogen-bond donors (Lipinski definition) is 10. The Morgan fingerprint density at radius 1 is 1.06 bits per heavy atom. The van der Waals surface area contributed by atoms with Crippen molar-refractivity contribution in [2.45, 2.75) is 179 Å². The van der Waals surface area contributed by atoms with E-state index in [9.17, 15) is 35.7 Å². The molecule has 350 valence electrons. The summed E-state index contributed by atoms with van der Waals surface area (Å²) in [6.45, 7) is 9.89. The molecule has 4 saturated carbocycles. The fourth-order valence-corrected chi connectivity index (χ4v) is 16.2. The maximum absolute atomic E-state index is 15.6. The van der Waals surface area contributed by atoms with Gasteiger partial charge in [0.1, 0.15) is 6.10 Å². The van der Waals surface area contributed by atoms with Gasteiger partial charge in [0.15, 0.2) is 5.78 Å². The van der Waals surface area contributed by atoms with E-state index in [4.69, 9.17) is 10.5 Å². The van der Waals surface area contributed by atoms with Crippen LogP contribution in [0.2, 0.25) is 0 Å². The number of nitrogens with two attached hydrogens (primary N) is 1. The smallest absolute Gasteiger partial charge is 0.182 e. The van der Waals surface area contributed by atoms with E-state index < -0.39 is 81.4 Å². The van der Waals surface area contributed by atoms with Crippen molar-refractivity contribution in [3.63, 3.8) is 0 Å². The van der Waals surface area contributed by atoms with E-state index in [0.717, 1.165) is 37.0 Å². The normalized spacial score (nSPS) is 48.1. The molecule has 19 atom stereocenters. The van der Waals surface area contributed by atoms with Gasteiger partial charge in [0.05, 0.1) is 53.6 Å².